The molecule has 15 heavy (non-hydrogen) atoms. The van der Waals surface area contributed by atoms with Gasteiger partial charge in [0, 0.05) is 17.5 Å². The summed E-state index contributed by atoms with van der Waals surface area (Å²) in [7, 11) is 0. The first kappa shape index (κ1) is 8.30. The third-order valence-corrected chi connectivity index (χ3v) is 2.68. The molecule has 0 unspecified atom stereocenters. The lowest BCUT2D eigenvalue weighted by Crippen LogP contribution is -2.09. The molecule has 1 aliphatic heterocycles. The van der Waals surface area contributed by atoms with E-state index in [9.17, 15) is 0 Å². The smallest absolute Gasteiger partial charge is 0.0459 e. The Labute approximate surface area is 89.1 Å². The molecule has 1 aromatic rings. The number of rotatable bonds is 0. The first-order chi connectivity index (χ1) is 7.45. The lowest BCUT2D eigenvalue weighted by atomic mass is 9.97. The molecule has 0 atom stereocenters. The van der Waals surface area contributed by atoms with Gasteiger partial charge in [-0.1, -0.05) is 42.5 Å². The number of fused-ring (bicyclic) bond motifs is 3. The van der Waals surface area contributed by atoms with E-state index < -0.39 is 0 Å². The lowest BCUT2D eigenvalue weighted by Gasteiger charge is -2.15. The second-order valence-corrected chi connectivity index (χ2v) is 3.61. The second-order valence-electron chi connectivity index (χ2n) is 3.61. The maximum Gasteiger partial charge on any atom is 0.0459 e. The number of hydrogen-bond donors (Lipinski definition) is 1. The molecule has 1 N–H and O–H groups in total. The highest BCUT2D eigenvalue weighted by atomic mass is 14.9. The molecule has 0 radical (unpaired) electrons. The van der Waals surface area contributed by atoms with E-state index in [1.54, 1.807) is 0 Å². The number of nitrogens with one attached hydrogen (secondary N) is 1. The van der Waals surface area contributed by atoms with Gasteiger partial charge < -0.3 is 5.32 Å². The summed E-state index contributed by atoms with van der Waals surface area (Å²) in [5.41, 5.74) is 4.98. The highest BCUT2D eigenvalue weighted by molar-refractivity contribution is 5.87. The van der Waals surface area contributed by atoms with Gasteiger partial charge in [0.25, 0.3) is 0 Å². The summed E-state index contributed by atoms with van der Waals surface area (Å²) in [5, 5.41) is 3.26. The Balaban J connectivity index is 2.26. The van der Waals surface area contributed by atoms with E-state index >= 15 is 0 Å². The Kier molecular flexibility index (Phi) is 1.82. The Morgan fingerprint density at radius 2 is 1.87 bits per heavy atom. The average molecular weight is 193 g/mol. The van der Waals surface area contributed by atoms with Crippen molar-refractivity contribution in [1.82, 2.24) is 5.32 Å². The fourth-order valence-corrected chi connectivity index (χ4v) is 1.96. The Morgan fingerprint density at radius 1 is 0.933 bits per heavy atom. The predicted molar refractivity (Wildman–Crippen MR) is 63.8 cm³/mol. The van der Waals surface area contributed by atoms with Gasteiger partial charge in [0.05, 0.1) is 0 Å². The molecule has 2 aliphatic rings. The molecule has 1 nitrogen and oxygen atoms in total. The summed E-state index contributed by atoms with van der Waals surface area (Å²) in [6.07, 6.45) is 12.5. The quantitative estimate of drug-likeness (QED) is 0.667. The molecular formula is C14H11N. The minimum atomic E-state index is 1.17. The third-order valence-electron chi connectivity index (χ3n) is 2.68. The summed E-state index contributed by atoms with van der Waals surface area (Å²) in [4.78, 5) is 0. The van der Waals surface area contributed by atoms with Gasteiger partial charge in [0.2, 0.25) is 0 Å². The molecule has 1 aromatic carbocycles. The molecule has 0 amide bonds. The number of benzene rings is 1. The third kappa shape index (κ3) is 1.33. The molecule has 1 heterocycles. The van der Waals surface area contributed by atoms with Crippen LogP contribution in [0.15, 0.2) is 60.5 Å². The first-order valence-electron chi connectivity index (χ1n) is 5.07. The van der Waals surface area contributed by atoms with Gasteiger partial charge in [-0.25, -0.2) is 0 Å². The molecule has 0 fully saturated rings. The topological polar surface area (TPSA) is 12.0 Å². The molecule has 0 aromatic heterocycles. The summed E-state index contributed by atoms with van der Waals surface area (Å²) in [6, 6.07) is 8.45. The van der Waals surface area contributed by atoms with Crippen LogP contribution in [0, 0.1) is 0 Å². The Morgan fingerprint density at radius 3 is 2.87 bits per heavy atom. The molecule has 0 saturated carbocycles. The second kappa shape index (κ2) is 3.28. The van der Waals surface area contributed by atoms with E-state index in [1.165, 1.54) is 22.4 Å². The molecule has 3 rings (SSSR count). The molecular weight excluding hydrogens is 182 g/mol. The van der Waals surface area contributed by atoms with Gasteiger partial charge in [-0.3, -0.25) is 0 Å². The van der Waals surface area contributed by atoms with Crippen LogP contribution in [0.25, 0.3) is 11.6 Å². The highest BCUT2D eigenvalue weighted by Gasteiger charge is 2.12. The zero-order chi connectivity index (χ0) is 10.1. The maximum absolute atomic E-state index is 3.26. The van der Waals surface area contributed by atoms with Gasteiger partial charge in [0.15, 0.2) is 0 Å². The van der Waals surface area contributed by atoms with Gasteiger partial charge in [-0.15, -0.1) is 0 Å². The first-order valence-corrected chi connectivity index (χ1v) is 5.07. The SMILES string of the molecule is C1=CNC2=CC=Cc3ccccc3C2=C1. The van der Waals surface area contributed by atoms with E-state index in [1.807, 2.05) is 12.3 Å². The van der Waals surface area contributed by atoms with Crippen molar-refractivity contribution < 1.29 is 0 Å². The van der Waals surface area contributed by atoms with E-state index in [0.717, 1.165) is 0 Å². The van der Waals surface area contributed by atoms with Crippen molar-refractivity contribution in [3.8, 4) is 0 Å². The summed E-state index contributed by atoms with van der Waals surface area (Å²) in [6.45, 7) is 0. The molecule has 1 heteroatoms. The van der Waals surface area contributed by atoms with Crippen molar-refractivity contribution in [1.29, 1.82) is 0 Å². The van der Waals surface area contributed by atoms with Crippen LogP contribution in [0.5, 0.6) is 0 Å². The summed E-state index contributed by atoms with van der Waals surface area (Å²) in [5.74, 6) is 0. The van der Waals surface area contributed by atoms with Crippen molar-refractivity contribution >= 4 is 11.6 Å². The zero-order valence-electron chi connectivity index (χ0n) is 8.27. The molecule has 0 saturated heterocycles. The predicted octanol–water partition coefficient (Wildman–Crippen LogP) is 3.10. The Bertz CT molecular complexity index is 516. The fourth-order valence-electron chi connectivity index (χ4n) is 1.96. The van der Waals surface area contributed by atoms with Crippen LogP contribution < -0.4 is 5.32 Å². The van der Waals surface area contributed by atoms with Crippen molar-refractivity contribution in [3.63, 3.8) is 0 Å². The molecule has 0 bridgehead atoms. The molecule has 0 spiro atoms. The van der Waals surface area contributed by atoms with Gasteiger partial charge in [-0.2, -0.15) is 0 Å². The van der Waals surface area contributed by atoms with Crippen LogP contribution >= 0.6 is 0 Å². The van der Waals surface area contributed by atoms with Crippen LogP contribution in [0.1, 0.15) is 11.1 Å². The number of dihydropyridines is 1. The largest absolute Gasteiger partial charge is 0.361 e. The molecule has 72 valence electrons. The summed E-state index contributed by atoms with van der Waals surface area (Å²) >= 11 is 0. The van der Waals surface area contributed by atoms with Crippen LogP contribution in [0.4, 0.5) is 0 Å². The average Bonchev–Trinajstić information content (AvgIpc) is 2.48. The number of allylic oxidation sites excluding steroid dienone is 5. The minimum absolute atomic E-state index is 1.17. The van der Waals surface area contributed by atoms with Crippen LogP contribution in [0.2, 0.25) is 0 Å². The van der Waals surface area contributed by atoms with E-state index in [-0.39, 0.29) is 0 Å². The van der Waals surface area contributed by atoms with Crippen LogP contribution in [0.3, 0.4) is 0 Å². The van der Waals surface area contributed by atoms with E-state index in [2.05, 4.69) is 53.9 Å². The van der Waals surface area contributed by atoms with E-state index in [4.69, 9.17) is 0 Å². The maximum atomic E-state index is 3.26. The lowest BCUT2D eigenvalue weighted by molar-refractivity contribution is 1.11. The fraction of sp³-hybridized carbons (Fsp3) is 0. The van der Waals surface area contributed by atoms with Crippen molar-refractivity contribution in [2.75, 3.05) is 0 Å². The monoisotopic (exact) mass is 193 g/mol. The Hall–Kier alpha value is -2.02. The van der Waals surface area contributed by atoms with Gasteiger partial charge >= 0.3 is 0 Å². The number of hydrogen-bond acceptors (Lipinski definition) is 1. The van der Waals surface area contributed by atoms with Gasteiger partial charge in [0.1, 0.15) is 0 Å². The highest BCUT2D eigenvalue weighted by Crippen LogP contribution is 2.29. The van der Waals surface area contributed by atoms with E-state index in [0.29, 0.717) is 0 Å². The molecule has 1 aliphatic carbocycles. The van der Waals surface area contributed by atoms with Crippen LogP contribution in [-0.4, -0.2) is 0 Å². The standard InChI is InChI=1S/C14H11N/c1-2-7-12-11(5-1)6-3-9-14-13(12)8-4-10-15-14/h1-10,15H. The van der Waals surface area contributed by atoms with Crippen molar-refractivity contribution in [3.05, 3.63) is 71.6 Å². The van der Waals surface area contributed by atoms with Crippen molar-refractivity contribution in [2.45, 2.75) is 0 Å². The minimum Gasteiger partial charge on any atom is -0.361 e. The van der Waals surface area contributed by atoms with Crippen LogP contribution in [-0.2, 0) is 0 Å². The zero-order valence-corrected chi connectivity index (χ0v) is 8.27. The normalized spacial score (nSPS) is 16.8. The van der Waals surface area contributed by atoms with Crippen molar-refractivity contribution in [2.24, 2.45) is 0 Å². The van der Waals surface area contributed by atoms with Gasteiger partial charge in [-0.05, 0) is 23.3 Å². The summed E-state index contributed by atoms with van der Waals surface area (Å²) < 4.78 is 0.